The van der Waals surface area contributed by atoms with Gasteiger partial charge in [-0.2, -0.15) is 11.8 Å². The lowest BCUT2D eigenvalue weighted by Gasteiger charge is -2.14. The first-order valence-corrected chi connectivity index (χ1v) is 6.79. The highest BCUT2D eigenvalue weighted by Crippen LogP contribution is 2.19. The lowest BCUT2D eigenvalue weighted by molar-refractivity contribution is 0.200. The van der Waals surface area contributed by atoms with Crippen molar-refractivity contribution in [3.63, 3.8) is 0 Å². The third-order valence-corrected chi connectivity index (χ3v) is 3.69. The third kappa shape index (κ3) is 4.56. The van der Waals surface area contributed by atoms with Crippen LogP contribution in [-0.4, -0.2) is 25.2 Å². The molecule has 0 bridgehead atoms. The van der Waals surface area contributed by atoms with Gasteiger partial charge in [0.15, 0.2) is 0 Å². The number of methoxy groups -OCH3 is 1. The number of hydrogen-bond donors (Lipinski definition) is 1. The van der Waals surface area contributed by atoms with Gasteiger partial charge in [-0.25, -0.2) is 0 Å². The molecule has 1 aromatic carbocycles. The highest BCUT2D eigenvalue weighted by atomic mass is 32.2. The molecule has 16 heavy (non-hydrogen) atoms. The minimum atomic E-state index is 0.147. The smallest absolute Gasteiger partial charge is 0.0470 e. The Hall–Kier alpha value is -0.510. The molecule has 0 saturated heterocycles. The van der Waals surface area contributed by atoms with Gasteiger partial charge in [0.2, 0.25) is 0 Å². The van der Waals surface area contributed by atoms with Gasteiger partial charge in [-0.1, -0.05) is 24.3 Å². The van der Waals surface area contributed by atoms with Crippen molar-refractivity contribution in [3.8, 4) is 0 Å². The van der Waals surface area contributed by atoms with Gasteiger partial charge >= 0.3 is 0 Å². The van der Waals surface area contributed by atoms with Crippen molar-refractivity contribution in [2.75, 3.05) is 25.2 Å². The molecule has 1 aromatic rings. The fourth-order valence-electron chi connectivity index (χ4n) is 1.61. The first-order chi connectivity index (χ1) is 7.75. The van der Waals surface area contributed by atoms with E-state index in [1.807, 2.05) is 11.8 Å². The van der Waals surface area contributed by atoms with E-state index in [1.54, 1.807) is 7.11 Å². The van der Waals surface area contributed by atoms with Crippen LogP contribution in [-0.2, 0) is 4.74 Å². The van der Waals surface area contributed by atoms with Gasteiger partial charge in [0.05, 0.1) is 0 Å². The highest BCUT2D eigenvalue weighted by molar-refractivity contribution is 7.99. The van der Waals surface area contributed by atoms with Crippen LogP contribution in [0.25, 0.3) is 0 Å². The first-order valence-electron chi connectivity index (χ1n) is 5.63. The zero-order valence-corrected chi connectivity index (χ0v) is 10.9. The van der Waals surface area contributed by atoms with Crippen molar-refractivity contribution < 1.29 is 4.74 Å². The Morgan fingerprint density at radius 1 is 1.38 bits per heavy atom. The molecular weight excluding hydrogens is 218 g/mol. The van der Waals surface area contributed by atoms with Crippen molar-refractivity contribution in [2.24, 2.45) is 5.73 Å². The van der Waals surface area contributed by atoms with Crippen LogP contribution in [0.5, 0.6) is 0 Å². The number of nitrogens with two attached hydrogens (primary N) is 1. The average molecular weight is 239 g/mol. The van der Waals surface area contributed by atoms with Gasteiger partial charge in [-0.05, 0) is 30.2 Å². The molecular formula is C13H21NOS. The van der Waals surface area contributed by atoms with Gasteiger partial charge in [0.1, 0.15) is 0 Å². The van der Waals surface area contributed by atoms with E-state index in [9.17, 15) is 0 Å². The molecule has 0 fully saturated rings. The molecule has 90 valence electrons. The fraction of sp³-hybridized carbons (Fsp3) is 0.538. The Balaban J connectivity index is 2.30. The standard InChI is InChI=1S/C13H21NOS/c1-11-6-3-4-7-12(11)13(14)10-16-9-5-8-15-2/h3-4,6-7,13H,5,8-10,14H2,1-2H3. The van der Waals surface area contributed by atoms with Gasteiger partial charge in [-0.15, -0.1) is 0 Å². The van der Waals surface area contributed by atoms with Crippen LogP contribution >= 0.6 is 11.8 Å². The molecule has 0 aliphatic rings. The Labute approximate surface area is 103 Å². The van der Waals surface area contributed by atoms with E-state index in [4.69, 9.17) is 10.5 Å². The normalized spacial score (nSPS) is 12.7. The van der Waals surface area contributed by atoms with E-state index in [-0.39, 0.29) is 6.04 Å². The molecule has 1 atom stereocenters. The van der Waals surface area contributed by atoms with Crippen molar-refractivity contribution >= 4 is 11.8 Å². The second-order valence-corrected chi connectivity index (χ2v) is 5.03. The molecule has 2 N–H and O–H groups in total. The first kappa shape index (κ1) is 13.6. The number of benzene rings is 1. The van der Waals surface area contributed by atoms with Crippen molar-refractivity contribution in [2.45, 2.75) is 19.4 Å². The lowest BCUT2D eigenvalue weighted by Crippen LogP contribution is -2.14. The van der Waals surface area contributed by atoms with E-state index >= 15 is 0 Å². The summed E-state index contributed by atoms with van der Waals surface area (Å²) in [5.74, 6) is 2.10. The van der Waals surface area contributed by atoms with E-state index < -0.39 is 0 Å². The Morgan fingerprint density at radius 3 is 2.81 bits per heavy atom. The molecule has 0 amide bonds. The summed E-state index contributed by atoms with van der Waals surface area (Å²) < 4.78 is 5.01. The summed E-state index contributed by atoms with van der Waals surface area (Å²) in [7, 11) is 1.74. The minimum absolute atomic E-state index is 0.147. The quantitative estimate of drug-likeness (QED) is 0.743. The maximum atomic E-state index is 6.16. The molecule has 1 rings (SSSR count). The topological polar surface area (TPSA) is 35.2 Å². The van der Waals surface area contributed by atoms with Gasteiger partial charge in [0.25, 0.3) is 0 Å². The van der Waals surface area contributed by atoms with E-state index in [0.717, 1.165) is 24.5 Å². The third-order valence-electron chi connectivity index (χ3n) is 2.52. The van der Waals surface area contributed by atoms with Crippen LogP contribution in [0.3, 0.4) is 0 Å². The number of aryl methyl sites for hydroxylation is 1. The molecule has 0 aromatic heterocycles. The maximum Gasteiger partial charge on any atom is 0.0470 e. The van der Waals surface area contributed by atoms with E-state index in [2.05, 4.69) is 31.2 Å². The van der Waals surface area contributed by atoms with Gasteiger partial charge in [0, 0.05) is 25.5 Å². The molecule has 0 saturated carbocycles. The summed E-state index contributed by atoms with van der Waals surface area (Å²) in [6.45, 7) is 2.96. The minimum Gasteiger partial charge on any atom is -0.385 e. The number of thioether (sulfide) groups is 1. The molecule has 3 heteroatoms. The lowest BCUT2D eigenvalue weighted by atomic mass is 10.0. The van der Waals surface area contributed by atoms with Crippen molar-refractivity contribution in [1.29, 1.82) is 0 Å². The Bertz CT molecular complexity index is 304. The van der Waals surface area contributed by atoms with Crippen LogP contribution in [0, 0.1) is 6.92 Å². The predicted molar refractivity (Wildman–Crippen MR) is 71.9 cm³/mol. The van der Waals surface area contributed by atoms with E-state index in [1.165, 1.54) is 11.1 Å². The summed E-state index contributed by atoms with van der Waals surface area (Å²) >= 11 is 1.90. The predicted octanol–water partition coefficient (Wildman–Crippen LogP) is 2.76. The fourth-order valence-corrected chi connectivity index (χ4v) is 2.53. The molecule has 0 aliphatic heterocycles. The summed E-state index contributed by atoms with van der Waals surface area (Å²) in [5.41, 5.74) is 8.71. The second kappa shape index (κ2) is 7.71. The zero-order chi connectivity index (χ0) is 11.8. The van der Waals surface area contributed by atoms with Crippen LogP contribution in [0.2, 0.25) is 0 Å². The summed E-state index contributed by atoms with van der Waals surface area (Å²) in [6, 6.07) is 8.49. The molecule has 0 spiro atoms. The maximum absolute atomic E-state index is 6.16. The zero-order valence-electron chi connectivity index (χ0n) is 10.1. The Morgan fingerprint density at radius 2 is 2.12 bits per heavy atom. The number of rotatable bonds is 7. The van der Waals surface area contributed by atoms with Crippen LogP contribution in [0.4, 0.5) is 0 Å². The number of hydrogen-bond acceptors (Lipinski definition) is 3. The molecule has 0 radical (unpaired) electrons. The summed E-state index contributed by atoms with van der Waals surface area (Å²) in [6.07, 6.45) is 1.10. The van der Waals surface area contributed by atoms with Crippen LogP contribution < -0.4 is 5.73 Å². The monoisotopic (exact) mass is 239 g/mol. The van der Waals surface area contributed by atoms with Crippen molar-refractivity contribution in [1.82, 2.24) is 0 Å². The molecule has 0 heterocycles. The Kier molecular flexibility index (Phi) is 6.53. The average Bonchev–Trinajstić information content (AvgIpc) is 2.29. The van der Waals surface area contributed by atoms with E-state index in [0.29, 0.717) is 0 Å². The largest absolute Gasteiger partial charge is 0.385 e. The summed E-state index contributed by atoms with van der Waals surface area (Å²) in [5, 5.41) is 0. The SMILES string of the molecule is COCCCSCC(N)c1ccccc1C. The van der Waals surface area contributed by atoms with Crippen LogP contribution in [0.1, 0.15) is 23.6 Å². The second-order valence-electron chi connectivity index (χ2n) is 3.88. The highest BCUT2D eigenvalue weighted by Gasteiger charge is 2.07. The van der Waals surface area contributed by atoms with Gasteiger partial charge < -0.3 is 10.5 Å². The van der Waals surface area contributed by atoms with Crippen LogP contribution in [0.15, 0.2) is 24.3 Å². The van der Waals surface area contributed by atoms with Crippen molar-refractivity contribution in [3.05, 3.63) is 35.4 Å². The van der Waals surface area contributed by atoms with Gasteiger partial charge in [-0.3, -0.25) is 0 Å². The molecule has 2 nitrogen and oxygen atoms in total. The molecule has 0 aliphatic carbocycles. The number of ether oxygens (including phenoxy) is 1. The summed E-state index contributed by atoms with van der Waals surface area (Å²) in [4.78, 5) is 0. The molecule has 1 unspecified atom stereocenters.